The first kappa shape index (κ1) is 12.8. The maximum Gasteiger partial charge on any atom is 0.0113 e. The molecule has 3 rings (SSSR count). The van der Waals surface area contributed by atoms with Crippen molar-refractivity contribution in [3.05, 3.63) is 60.7 Å². The van der Waals surface area contributed by atoms with Gasteiger partial charge in [-0.3, -0.25) is 0 Å². The van der Waals surface area contributed by atoms with Crippen molar-refractivity contribution in [2.24, 2.45) is 0 Å². The second-order valence-electron chi connectivity index (χ2n) is 5.07. The van der Waals surface area contributed by atoms with E-state index < -0.39 is 0 Å². The molecule has 19 heavy (non-hydrogen) atoms. The first-order valence-electron chi connectivity index (χ1n) is 7.04. The van der Waals surface area contributed by atoms with Crippen LogP contribution in [-0.4, -0.2) is 18.7 Å². The summed E-state index contributed by atoms with van der Waals surface area (Å²) in [6.07, 6.45) is 3.93. The number of benzene rings is 2. The Balaban J connectivity index is 1.87. The largest absolute Gasteiger partial charge is 0.314 e. The number of nitrogens with one attached hydrogen (secondary N) is 1. The zero-order valence-corrected chi connectivity index (χ0v) is 12.0. The van der Waals surface area contributed by atoms with Gasteiger partial charge < -0.3 is 5.32 Å². The van der Waals surface area contributed by atoms with Gasteiger partial charge in [0.15, 0.2) is 0 Å². The lowest BCUT2D eigenvalue weighted by Crippen LogP contribution is -2.28. The average Bonchev–Trinajstić information content (AvgIpc) is 3.00. The fraction of sp³-hybridized carbons (Fsp3) is 0.294. The molecule has 0 aliphatic carbocycles. The predicted molar refractivity (Wildman–Crippen MR) is 85.0 cm³/mol. The third-order valence-electron chi connectivity index (χ3n) is 3.70. The van der Waals surface area contributed by atoms with Gasteiger partial charge in [-0.25, -0.2) is 0 Å². The smallest absolute Gasteiger partial charge is 0.0113 e. The van der Waals surface area contributed by atoms with Crippen molar-refractivity contribution in [2.45, 2.75) is 18.9 Å². The van der Waals surface area contributed by atoms with Crippen LogP contribution < -0.4 is 15.9 Å². The van der Waals surface area contributed by atoms with Crippen LogP contribution in [0, 0.1) is 0 Å². The zero-order chi connectivity index (χ0) is 12.9. The summed E-state index contributed by atoms with van der Waals surface area (Å²) in [6.45, 7) is 1.19. The van der Waals surface area contributed by atoms with Crippen molar-refractivity contribution >= 4 is 18.5 Å². The van der Waals surface area contributed by atoms with E-state index >= 15 is 0 Å². The highest BCUT2D eigenvalue weighted by atomic mass is 31.1. The molecule has 98 valence electrons. The molecule has 1 fully saturated rings. The third-order valence-corrected chi connectivity index (χ3v) is 6.35. The monoisotopic (exact) mass is 269 g/mol. The highest BCUT2D eigenvalue weighted by Gasteiger charge is 2.21. The van der Waals surface area contributed by atoms with E-state index in [0.717, 1.165) is 0 Å². The van der Waals surface area contributed by atoms with E-state index in [9.17, 15) is 0 Å². The standard InChI is InChI=1S/C17H20NP/c1-3-9-16(10-4-1)19(14-15-8-7-13-18-15)17-11-5-2-6-12-17/h1-6,9-12,15,18H,7-8,13-14H2. The van der Waals surface area contributed by atoms with Crippen molar-refractivity contribution in [2.75, 3.05) is 12.7 Å². The highest BCUT2D eigenvalue weighted by Crippen LogP contribution is 2.35. The molecule has 2 aromatic rings. The molecule has 2 heteroatoms. The van der Waals surface area contributed by atoms with Crippen molar-refractivity contribution in [3.63, 3.8) is 0 Å². The second kappa shape index (κ2) is 6.32. The minimum atomic E-state index is -0.224. The van der Waals surface area contributed by atoms with Crippen LogP contribution in [-0.2, 0) is 0 Å². The lowest BCUT2D eigenvalue weighted by Gasteiger charge is -2.22. The molecule has 1 unspecified atom stereocenters. The number of hydrogen-bond donors (Lipinski definition) is 1. The predicted octanol–water partition coefficient (Wildman–Crippen LogP) is 2.87. The quantitative estimate of drug-likeness (QED) is 0.842. The Labute approximate surface area is 116 Å². The Morgan fingerprint density at radius 3 is 1.95 bits per heavy atom. The van der Waals surface area contributed by atoms with Crippen LogP contribution in [0.2, 0.25) is 0 Å². The Kier molecular flexibility index (Phi) is 4.27. The van der Waals surface area contributed by atoms with Gasteiger partial charge in [-0.05, 0) is 44.1 Å². The van der Waals surface area contributed by atoms with Crippen LogP contribution in [0.1, 0.15) is 12.8 Å². The van der Waals surface area contributed by atoms with Crippen molar-refractivity contribution in [1.29, 1.82) is 0 Å². The van der Waals surface area contributed by atoms with Crippen molar-refractivity contribution in [1.82, 2.24) is 5.32 Å². The van der Waals surface area contributed by atoms with Gasteiger partial charge in [0.25, 0.3) is 0 Å². The van der Waals surface area contributed by atoms with E-state index in [2.05, 4.69) is 66.0 Å². The first-order chi connectivity index (χ1) is 9.43. The van der Waals surface area contributed by atoms with Gasteiger partial charge in [-0.2, -0.15) is 0 Å². The maximum atomic E-state index is 3.64. The van der Waals surface area contributed by atoms with Crippen LogP contribution in [0.5, 0.6) is 0 Å². The molecule has 0 aromatic heterocycles. The first-order valence-corrected chi connectivity index (χ1v) is 8.57. The summed E-state index contributed by atoms with van der Waals surface area (Å²) in [5.41, 5.74) is 0. The van der Waals surface area contributed by atoms with E-state index in [1.165, 1.54) is 36.2 Å². The van der Waals surface area contributed by atoms with E-state index in [-0.39, 0.29) is 7.92 Å². The summed E-state index contributed by atoms with van der Waals surface area (Å²) in [5, 5.41) is 6.64. The Hall–Kier alpha value is -1.17. The molecule has 0 amide bonds. The lowest BCUT2D eigenvalue weighted by molar-refractivity contribution is 0.672. The summed E-state index contributed by atoms with van der Waals surface area (Å²) in [6, 6.07) is 22.7. The lowest BCUT2D eigenvalue weighted by atomic mass is 10.3. The van der Waals surface area contributed by atoms with Gasteiger partial charge in [0.05, 0.1) is 0 Å². The topological polar surface area (TPSA) is 12.0 Å². The average molecular weight is 269 g/mol. The number of rotatable bonds is 4. The van der Waals surface area contributed by atoms with Crippen LogP contribution in [0.25, 0.3) is 0 Å². The van der Waals surface area contributed by atoms with Crippen LogP contribution in [0.15, 0.2) is 60.7 Å². The zero-order valence-electron chi connectivity index (χ0n) is 11.1. The molecular weight excluding hydrogens is 249 g/mol. The normalized spacial score (nSPS) is 18.9. The summed E-state index contributed by atoms with van der Waals surface area (Å²) < 4.78 is 0. The molecule has 0 bridgehead atoms. The molecule has 0 spiro atoms. The SMILES string of the molecule is c1ccc(P(CC2CCCN2)c2ccccc2)cc1. The molecule has 1 atom stereocenters. The summed E-state index contributed by atoms with van der Waals surface area (Å²) >= 11 is 0. The molecule has 1 N–H and O–H groups in total. The molecule has 1 saturated heterocycles. The van der Waals surface area contributed by atoms with Gasteiger partial charge in [0.2, 0.25) is 0 Å². The molecule has 0 saturated carbocycles. The Morgan fingerprint density at radius 2 is 1.47 bits per heavy atom. The number of hydrogen-bond acceptors (Lipinski definition) is 1. The minimum absolute atomic E-state index is 0.224. The highest BCUT2D eigenvalue weighted by molar-refractivity contribution is 7.73. The summed E-state index contributed by atoms with van der Waals surface area (Å²) in [4.78, 5) is 0. The molecule has 0 radical (unpaired) electrons. The summed E-state index contributed by atoms with van der Waals surface area (Å²) in [5.74, 6) is 0. The molecular formula is C17H20NP. The summed E-state index contributed by atoms with van der Waals surface area (Å²) in [7, 11) is -0.224. The molecule has 1 aliphatic rings. The van der Waals surface area contributed by atoms with E-state index in [4.69, 9.17) is 0 Å². The minimum Gasteiger partial charge on any atom is -0.314 e. The molecule has 1 nitrogen and oxygen atoms in total. The van der Waals surface area contributed by atoms with E-state index in [1.807, 2.05) is 0 Å². The maximum absolute atomic E-state index is 3.64. The van der Waals surface area contributed by atoms with E-state index in [0.29, 0.717) is 6.04 Å². The van der Waals surface area contributed by atoms with Gasteiger partial charge in [-0.1, -0.05) is 60.7 Å². The van der Waals surface area contributed by atoms with Gasteiger partial charge in [0.1, 0.15) is 0 Å². The van der Waals surface area contributed by atoms with Gasteiger partial charge in [0, 0.05) is 6.04 Å². The fourth-order valence-corrected chi connectivity index (χ4v) is 5.24. The van der Waals surface area contributed by atoms with Crippen LogP contribution in [0.4, 0.5) is 0 Å². The van der Waals surface area contributed by atoms with Crippen LogP contribution in [0.3, 0.4) is 0 Å². The molecule has 1 heterocycles. The Bertz CT molecular complexity index is 452. The fourth-order valence-electron chi connectivity index (χ4n) is 2.71. The van der Waals surface area contributed by atoms with Crippen LogP contribution >= 0.6 is 7.92 Å². The molecule has 1 aliphatic heterocycles. The third kappa shape index (κ3) is 3.23. The van der Waals surface area contributed by atoms with Gasteiger partial charge in [-0.15, -0.1) is 0 Å². The Morgan fingerprint density at radius 1 is 0.895 bits per heavy atom. The molecule has 2 aromatic carbocycles. The van der Waals surface area contributed by atoms with Crippen molar-refractivity contribution < 1.29 is 0 Å². The van der Waals surface area contributed by atoms with E-state index in [1.54, 1.807) is 0 Å². The van der Waals surface area contributed by atoms with Crippen molar-refractivity contribution in [3.8, 4) is 0 Å². The second-order valence-corrected chi connectivity index (χ2v) is 7.33. The van der Waals surface area contributed by atoms with Gasteiger partial charge >= 0.3 is 0 Å².